The van der Waals surface area contributed by atoms with Gasteiger partial charge in [0.2, 0.25) is 0 Å². The molecule has 0 saturated heterocycles. The molecule has 48 heavy (non-hydrogen) atoms. The predicted molar refractivity (Wildman–Crippen MR) is 182 cm³/mol. The summed E-state index contributed by atoms with van der Waals surface area (Å²) in [5.41, 5.74) is 8.60. The molecule has 0 aliphatic heterocycles. The molecule has 7 rings (SSSR count). The fraction of sp³-hybridized carbons (Fsp3) is 0. The van der Waals surface area contributed by atoms with Gasteiger partial charge in [-0.3, -0.25) is 0 Å². The summed E-state index contributed by atoms with van der Waals surface area (Å²) in [5.74, 6) is 1.85. The Kier molecular flexibility index (Phi) is 7.88. The first-order chi connectivity index (χ1) is 23.6. The van der Waals surface area contributed by atoms with Gasteiger partial charge in [-0.05, 0) is 69.8 Å². The molecule has 4 aromatic heterocycles. The molecule has 0 fully saturated rings. The van der Waals surface area contributed by atoms with Crippen molar-refractivity contribution in [3.63, 3.8) is 0 Å². The van der Waals surface area contributed by atoms with Crippen LogP contribution in [0, 0.1) is 29.2 Å². The number of hydrogen-bond acceptors (Lipinski definition) is 8. The lowest BCUT2D eigenvalue weighted by Crippen LogP contribution is -2.00. The van der Waals surface area contributed by atoms with E-state index in [9.17, 15) is 10.5 Å². The zero-order valence-electron chi connectivity index (χ0n) is 25.1. The van der Waals surface area contributed by atoms with Crippen LogP contribution in [0.3, 0.4) is 0 Å². The molecule has 0 spiro atoms. The van der Waals surface area contributed by atoms with Crippen molar-refractivity contribution < 1.29 is 0 Å². The summed E-state index contributed by atoms with van der Waals surface area (Å²) in [4.78, 5) is 30.3. The molecule has 0 aliphatic carbocycles. The van der Waals surface area contributed by atoms with E-state index in [0.717, 1.165) is 50.1 Å². The maximum Gasteiger partial charge on any atom is 0.270 e. The molecule has 222 valence electrons. The van der Waals surface area contributed by atoms with Crippen molar-refractivity contribution >= 4 is 5.82 Å². The molecule has 0 atom stereocenters. The smallest absolute Gasteiger partial charge is 0.270 e. The van der Waals surface area contributed by atoms with Gasteiger partial charge in [0.25, 0.3) is 5.82 Å². The second kappa shape index (κ2) is 12.9. The number of hydrogen-bond donors (Lipinski definition) is 0. The summed E-state index contributed by atoms with van der Waals surface area (Å²) in [7, 11) is 0. The van der Waals surface area contributed by atoms with E-state index in [2.05, 4.69) is 31.9 Å². The van der Waals surface area contributed by atoms with E-state index >= 15 is 0 Å². The topological polar surface area (TPSA) is 129 Å². The minimum absolute atomic E-state index is 0.337. The Morgan fingerprint density at radius 1 is 0.417 bits per heavy atom. The van der Waals surface area contributed by atoms with Crippen LogP contribution in [0.25, 0.3) is 72.4 Å². The van der Waals surface area contributed by atoms with Crippen molar-refractivity contribution in [2.45, 2.75) is 0 Å². The Morgan fingerprint density at radius 2 is 0.750 bits per heavy atom. The van der Waals surface area contributed by atoms with E-state index in [0.29, 0.717) is 34.7 Å². The zero-order valence-corrected chi connectivity index (χ0v) is 25.1. The number of pyridine rings is 3. The molecule has 0 unspecified atom stereocenters. The molecule has 0 N–H and O–H groups in total. The van der Waals surface area contributed by atoms with E-state index in [1.54, 1.807) is 36.8 Å². The van der Waals surface area contributed by atoms with Gasteiger partial charge in [0.1, 0.15) is 29.7 Å². The van der Waals surface area contributed by atoms with Crippen molar-refractivity contribution in [3.05, 3.63) is 151 Å². The Hall–Kier alpha value is -7.41. The van der Waals surface area contributed by atoms with Crippen LogP contribution >= 0.6 is 0 Å². The fourth-order valence-electron chi connectivity index (χ4n) is 5.20. The van der Waals surface area contributed by atoms with Crippen molar-refractivity contribution in [3.8, 4) is 79.7 Å². The summed E-state index contributed by atoms with van der Waals surface area (Å²) < 4.78 is 0. The molecule has 9 nitrogen and oxygen atoms in total. The highest BCUT2D eigenvalue weighted by Gasteiger charge is 2.14. The Labute approximate surface area is 276 Å². The molecule has 9 heteroatoms. The molecule has 3 aromatic carbocycles. The van der Waals surface area contributed by atoms with Gasteiger partial charge in [-0.15, -0.1) is 4.98 Å². The highest BCUT2D eigenvalue weighted by molar-refractivity contribution is 5.74. The summed E-state index contributed by atoms with van der Waals surface area (Å²) in [6, 6.07) is 38.6. The van der Waals surface area contributed by atoms with Crippen LogP contribution in [-0.2, 0) is 0 Å². The fourth-order valence-corrected chi connectivity index (χ4v) is 5.20. The van der Waals surface area contributed by atoms with Gasteiger partial charge in [-0.25, -0.2) is 24.9 Å². The maximum absolute atomic E-state index is 9.27. The monoisotopic (exact) mass is 615 g/mol. The summed E-state index contributed by atoms with van der Waals surface area (Å²) in [5, 5.41) is 18.5. The molecule has 0 bridgehead atoms. The van der Waals surface area contributed by atoms with E-state index in [4.69, 9.17) is 21.5 Å². The van der Waals surface area contributed by atoms with Crippen LogP contribution in [-0.4, -0.2) is 29.9 Å². The minimum atomic E-state index is 0.337. The lowest BCUT2D eigenvalue weighted by molar-refractivity contribution is 1.07. The minimum Gasteiger partial charge on any atom is -0.361 e. The predicted octanol–water partition coefficient (Wildman–Crippen LogP) is 8.35. The molecule has 7 aromatic rings. The second-order valence-electron chi connectivity index (χ2n) is 10.6. The van der Waals surface area contributed by atoms with E-state index < -0.39 is 0 Å². The molecule has 0 radical (unpaired) electrons. The number of benzene rings is 3. The number of nitriles is 2. The largest absolute Gasteiger partial charge is 0.361 e. The van der Waals surface area contributed by atoms with Crippen molar-refractivity contribution in [1.29, 1.82) is 10.5 Å². The van der Waals surface area contributed by atoms with Crippen molar-refractivity contribution in [2.75, 3.05) is 0 Å². The SMILES string of the molecule is [C-]#[N+]c1cc(-c2ccc(-c3nc(-c4ccc(-c5ccnc(C#N)c5)cc4)nc(-c4ccc(-c5ccnc(C#N)c5)cc4)n3)cc2)ccn1. The van der Waals surface area contributed by atoms with Gasteiger partial charge < -0.3 is 4.85 Å². The average Bonchev–Trinajstić information content (AvgIpc) is 3.18. The van der Waals surface area contributed by atoms with E-state index in [1.165, 1.54) is 0 Å². The van der Waals surface area contributed by atoms with Gasteiger partial charge >= 0.3 is 0 Å². The third-order valence-corrected chi connectivity index (χ3v) is 7.67. The van der Waals surface area contributed by atoms with Crippen molar-refractivity contribution in [1.82, 2.24) is 29.9 Å². The van der Waals surface area contributed by atoms with Gasteiger partial charge in [-0.1, -0.05) is 79.4 Å². The molecule has 0 amide bonds. The zero-order chi connectivity index (χ0) is 32.9. The Morgan fingerprint density at radius 3 is 1.10 bits per heavy atom. The molecular formula is C39H21N9. The number of aromatic nitrogens is 6. The van der Waals surface area contributed by atoms with Crippen molar-refractivity contribution in [2.24, 2.45) is 0 Å². The number of nitrogens with zero attached hydrogens (tertiary/aromatic N) is 9. The third kappa shape index (κ3) is 6.09. The van der Waals surface area contributed by atoms with Gasteiger partial charge in [0.05, 0.1) is 0 Å². The summed E-state index contributed by atoms with van der Waals surface area (Å²) in [6.45, 7) is 7.29. The molecule has 0 saturated carbocycles. The van der Waals surface area contributed by atoms with E-state index in [1.807, 2.05) is 91.0 Å². The first-order valence-corrected chi connectivity index (χ1v) is 14.7. The first-order valence-electron chi connectivity index (χ1n) is 14.7. The molecule has 4 heterocycles. The molecular weight excluding hydrogens is 594 g/mol. The van der Waals surface area contributed by atoms with Crippen LogP contribution in [0.2, 0.25) is 0 Å². The second-order valence-corrected chi connectivity index (χ2v) is 10.6. The van der Waals surface area contributed by atoms with Crippen LogP contribution in [0.5, 0.6) is 0 Å². The average molecular weight is 616 g/mol. The van der Waals surface area contributed by atoms with Gasteiger partial charge in [0, 0.05) is 29.1 Å². The standard InChI is InChI=1S/C39H21N9/c1-42-36-22-33(16-19-45-36)27-6-12-30(13-7-27)39-47-37(28-8-2-25(3-9-28)31-14-17-43-34(20-31)23-40)46-38(48-39)29-10-4-26(5-11-29)32-15-18-44-35(21-32)24-41/h2-22H. The highest BCUT2D eigenvalue weighted by atomic mass is 15.0. The number of rotatable bonds is 6. The van der Waals surface area contributed by atoms with Gasteiger partial charge in [-0.2, -0.15) is 10.5 Å². The molecule has 0 aliphatic rings. The Bertz CT molecular complexity index is 2130. The highest BCUT2D eigenvalue weighted by Crippen LogP contribution is 2.30. The van der Waals surface area contributed by atoms with Crippen LogP contribution in [0.1, 0.15) is 11.4 Å². The van der Waals surface area contributed by atoms with Crippen LogP contribution in [0.4, 0.5) is 5.82 Å². The van der Waals surface area contributed by atoms with Crippen LogP contribution in [0.15, 0.2) is 128 Å². The third-order valence-electron chi connectivity index (χ3n) is 7.67. The quantitative estimate of drug-likeness (QED) is 0.171. The van der Waals surface area contributed by atoms with Crippen LogP contribution < -0.4 is 0 Å². The lowest BCUT2D eigenvalue weighted by atomic mass is 10.0. The normalized spacial score (nSPS) is 10.4. The van der Waals surface area contributed by atoms with E-state index in [-0.39, 0.29) is 0 Å². The van der Waals surface area contributed by atoms with Gasteiger partial charge in [0.15, 0.2) is 17.5 Å². The summed E-state index contributed by atoms with van der Waals surface area (Å²) in [6.07, 6.45) is 4.88. The lowest BCUT2D eigenvalue weighted by Gasteiger charge is -2.10. The maximum atomic E-state index is 9.27. The Balaban J connectivity index is 1.28. The summed E-state index contributed by atoms with van der Waals surface area (Å²) >= 11 is 0. The first kappa shape index (κ1) is 29.3.